The van der Waals surface area contributed by atoms with Gasteiger partial charge in [-0.3, -0.25) is 14.6 Å². The van der Waals surface area contributed by atoms with Crippen LogP contribution in [-0.2, 0) is 6.42 Å². The van der Waals surface area contributed by atoms with Crippen molar-refractivity contribution >= 4 is 23.2 Å². The number of halogens is 1. The van der Waals surface area contributed by atoms with Crippen LogP contribution in [0.2, 0.25) is 0 Å². The van der Waals surface area contributed by atoms with Crippen molar-refractivity contribution in [2.24, 2.45) is 0 Å². The maximum atomic E-state index is 13.3. The van der Waals surface area contributed by atoms with E-state index in [1.807, 2.05) is 32.0 Å². The Kier molecular flexibility index (Phi) is 5.79. The first kappa shape index (κ1) is 19.2. The van der Waals surface area contributed by atoms with E-state index in [0.717, 1.165) is 23.2 Å². The minimum Gasteiger partial charge on any atom is -0.322 e. The van der Waals surface area contributed by atoms with Gasteiger partial charge in [0, 0.05) is 23.8 Å². The molecule has 0 saturated heterocycles. The number of para-hydroxylation sites is 1. The number of hydrogen-bond acceptors (Lipinski definition) is 3. The van der Waals surface area contributed by atoms with E-state index in [4.69, 9.17) is 0 Å². The Labute approximate surface area is 162 Å². The lowest BCUT2D eigenvalue weighted by atomic mass is 10.1. The lowest BCUT2D eigenvalue weighted by Crippen LogP contribution is -2.17. The zero-order valence-corrected chi connectivity index (χ0v) is 15.6. The molecule has 2 aromatic carbocycles. The molecular formula is C22H20FN3O2. The van der Waals surface area contributed by atoms with Crippen molar-refractivity contribution in [1.29, 1.82) is 0 Å². The number of nitrogens with one attached hydrogen (secondary N) is 2. The van der Waals surface area contributed by atoms with Crippen molar-refractivity contribution < 1.29 is 14.0 Å². The van der Waals surface area contributed by atoms with Gasteiger partial charge in [0.1, 0.15) is 5.82 Å². The lowest BCUT2D eigenvalue weighted by molar-refractivity contribution is 0.102. The SMILES string of the molecule is CCc1cccc(C)c1NC(=O)c1cncc(C(=O)Nc2cccc(F)c2)c1. The van der Waals surface area contributed by atoms with Crippen LogP contribution in [-0.4, -0.2) is 16.8 Å². The zero-order valence-electron chi connectivity index (χ0n) is 15.6. The maximum absolute atomic E-state index is 13.3. The molecule has 3 rings (SSSR count). The molecule has 0 aliphatic rings. The number of benzene rings is 2. The molecule has 2 N–H and O–H groups in total. The predicted octanol–water partition coefficient (Wildman–Crippen LogP) is 4.60. The molecule has 0 aliphatic heterocycles. The second-order valence-electron chi connectivity index (χ2n) is 6.34. The molecule has 0 aliphatic carbocycles. The molecule has 0 atom stereocenters. The second kappa shape index (κ2) is 8.43. The number of carbonyl (C=O) groups excluding carboxylic acids is 2. The highest BCUT2D eigenvalue weighted by Crippen LogP contribution is 2.22. The number of hydrogen-bond donors (Lipinski definition) is 2. The molecule has 2 amide bonds. The third kappa shape index (κ3) is 4.40. The first-order valence-electron chi connectivity index (χ1n) is 8.89. The Balaban J connectivity index is 1.79. The summed E-state index contributed by atoms with van der Waals surface area (Å²) in [5, 5.41) is 5.50. The first-order valence-corrected chi connectivity index (χ1v) is 8.89. The summed E-state index contributed by atoms with van der Waals surface area (Å²) in [5.74, 6) is -1.27. The number of carbonyl (C=O) groups is 2. The summed E-state index contributed by atoms with van der Waals surface area (Å²) < 4.78 is 13.3. The Hall–Kier alpha value is -3.54. The number of aromatic nitrogens is 1. The quantitative estimate of drug-likeness (QED) is 0.683. The van der Waals surface area contributed by atoms with Crippen LogP contribution < -0.4 is 10.6 Å². The molecule has 0 saturated carbocycles. The fraction of sp³-hybridized carbons (Fsp3) is 0.136. The molecular weight excluding hydrogens is 357 g/mol. The summed E-state index contributed by atoms with van der Waals surface area (Å²) in [5.41, 5.74) is 3.55. The predicted molar refractivity (Wildman–Crippen MR) is 107 cm³/mol. The highest BCUT2D eigenvalue weighted by Gasteiger charge is 2.14. The van der Waals surface area contributed by atoms with Gasteiger partial charge in [0.25, 0.3) is 11.8 Å². The summed E-state index contributed by atoms with van der Waals surface area (Å²) in [4.78, 5) is 29.1. The van der Waals surface area contributed by atoms with Crippen LogP contribution in [0.4, 0.5) is 15.8 Å². The summed E-state index contributed by atoms with van der Waals surface area (Å²) in [6.07, 6.45) is 3.54. The van der Waals surface area contributed by atoms with Crippen LogP contribution in [0.15, 0.2) is 60.9 Å². The number of pyridine rings is 1. The molecule has 3 aromatic rings. The minimum absolute atomic E-state index is 0.206. The van der Waals surface area contributed by atoms with Gasteiger partial charge in [-0.15, -0.1) is 0 Å². The third-order valence-corrected chi connectivity index (χ3v) is 4.32. The van der Waals surface area contributed by atoms with E-state index >= 15 is 0 Å². The smallest absolute Gasteiger partial charge is 0.257 e. The number of nitrogens with zero attached hydrogens (tertiary/aromatic N) is 1. The third-order valence-electron chi connectivity index (χ3n) is 4.32. The minimum atomic E-state index is -0.474. The van der Waals surface area contributed by atoms with Gasteiger partial charge >= 0.3 is 0 Å². The van der Waals surface area contributed by atoms with Crippen molar-refractivity contribution in [3.8, 4) is 0 Å². The first-order chi connectivity index (χ1) is 13.5. The molecule has 6 heteroatoms. The molecule has 1 heterocycles. The molecule has 0 unspecified atom stereocenters. The largest absolute Gasteiger partial charge is 0.322 e. The zero-order chi connectivity index (χ0) is 20.1. The topological polar surface area (TPSA) is 71.1 Å². The highest BCUT2D eigenvalue weighted by molar-refractivity contribution is 6.08. The van der Waals surface area contributed by atoms with Crippen LogP contribution in [0.5, 0.6) is 0 Å². The Morgan fingerprint density at radius 3 is 2.32 bits per heavy atom. The highest BCUT2D eigenvalue weighted by atomic mass is 19.1. The summed E-state index contributed by atoms with van der Waals surface area (Å²) >= 11 is 0. The summed E-state index contributed by atoms with van der Waals surface area (Å²) in [7, 11) is 0. The van der Waals surface area contributed by atoms with E-state index in [1.165, 1.54) is 36.7 Å². The van der Waals surface area contributed by atoms with E-state index in [2.05, 4.69) is 15.6 Å². The molecule has 1 aromatic heterocycles. The van der Waals surface area contributed by atoms with Gasteiger partial charge in [-0.05, 0) is 48.7 Å². The van der Waals surface area contributed by atoms with Crippen molar-refractivity contribution in [3.05, 3.63) is 89.0 Å². The molecule has 0 bridgehead atoms. The van der Waals surface area contributed by atoms with Crippen LogP contribution in [0, 0.1) is 12.7 Å². The molecule has 28 heavy (non-hydrogen) atoms. The fourth-order valence-corrected chi connectivity index (χ4v) is 2.85. The van der Waals surface area contributed by atoms with E-state index in [9.17, 15) is 14.0 Å². The van der Waals surface area contributed by atoms with Gasteiger partial charge in [0.15, 0.2) is 0 Å². The number of aryl methyl sites for hydroxylation is 2. The Morgan fingerprint density at radius 1 is 0.964 bits per heavy atom. The maximum Gasteiger partial charge on any atom is 0.257 e. The summed E-state index contributed by atoms with van der Waals surface area (Å²) in [6, 6.07) is 12.9. The van der Waals surface area contributed by atoms with Crippen molar-refractivity contribution in [2.45, 2.75) is 20.3 Å². The van der Waals surface area contributed by atoms with Gasteiger partial charge in [-0.1, -0.05) is 31.2 Å². The Morgan fingerprint density at radius 2 is 1.64 bits per heavy atom. The number of anilines is 2. The van der Waals surface area contributed by atoms with Crippen LogP contribution in [0.3, 0.4) is 0 Å². The molecule has 142 valence electrons. The van der Waals surface area contributed by atoms with Crippen molar-refractivity contribution in [2.75, 3.05) is 10.6 Å². The Bertz CT molecular complexity index is 1030. The van der Waals surface area contributed by atoms with E-state index in [-0.39, 0.29) is 17.0 Å². The van der Waals surface area contributed by atoms with Gasteiger partial charge in [0.05, 0.1) is 11.1 Å². The molecule has 5 nitrogen and oxygen atoms in total. The van der Waals surface area contributed by atoms with Crippen LogP contribution in [0.25, 0.3) is 0 Å². The number of rotatable bonds is 5. The van der Waals surface area contributed by atoms with Crippen LogP contribution in [0.1, 0.15) is 38.8 Å². The standard InChI is InChI=1S/C22H20FN3O2/c1-3-15-7-4-6-14(2)20(15)26-22(28)17-10-16(12-24-13-17)21(27)25-19-9-5-8-18(23)11-19/h4-13H,3H2,1-2H3,(H,25,27)(H,26,28). The van der Waals surface area contributed by atoms with Gasteiger partial charge < -0.3 is 10.6 Å². The number of amides is 2. The van der Waals surface area contributed by atoms with Crippen LogP contribution >= 0.6 is 0 Å². The van der Waals surface area contributed by atoms with Crippen molar-refractivity contribution in [3.63, 3.8) is 0 Å². The lowest BCUT2D eigenvalue weighted by Gasteiger charge is -2.13. The van der Waals surface area contributed by atoms with Gasteiger partial charge in [-0.25, -0.2) is 4.39 Å². The van der Waals surface area contributed by atoms with Gasteiger partial charge in [0.2, 0.25) is 0 Å². The molecule has 0 radical (unpaired) electrons. The molecule has 0 fully saturated rings. The average Bonchev–Trinajstić information content (AvgIpc) is 2.69. The average molecular weight is 377 g/mol. The van der Waals surface area contributed by atoms with E-state index in [0.29, 0.717) is 5.69 Å². The molecule has 0 spiro atoms. The van der Waals surface area contributed by atoms with Crippen molar-refractivity contribution in [1.82, 2.24) is 4.98 Å². The second-order valence-corrected chi connectivity index (χ2v) is 6.34. The van der Waals surface area contributed by atoms with Gasteiger partial charge in [-0.2, -0.15) is 0 Å². The normalized spacial score (nSPS) is 10.4. The van der Waals surface area contributed by atoms with E-state index in [1.54, 1.807) is 6.07 Å². The summed E-state index contributed by atoms with van der Waals surface area (Å²) in [6.45, 7) is 3.94. The fourth-order valence-electron chi connectivity index (χ4n) is 2.85. The van der Waals surface area contributed by atoms with E-state index < -0.39 is 11.7 Å². The monoisotopic (exact) mass is 377 g/mol.